The number of hydrogen-bond donors (Lipinski definition) is 1. The monoisotopic (exact) mass is 485 g/mol. The van der Waals surface area contributed by atoms with Crippen LogP contribution in [0.1, 0.15) is 70.3 Å². The molecule has 4 saturated carbocycles. The second-order valence-electron chi connectivity index (χ2n) is 12.4. The van der Waals surface area contributed by atoms with E-state index in [4.69, 9.17) is 0 Å². The number of halogens is 2. The van der Waals surface area contributed by atoms with Crippen LogP contribution in [0, 0.1) is 47.8 Å². The van der Waals surface area contributed by atoms with E-state index in [0.717, 1.165) is 61.5 Å². The maximum atomic E-state index is 13.5. The lowest BCUT2D eigenvalue weighted by Crippen LogP contribution is -2.53. The second-order valence-corrected chi connectivity index (χ2v) is 12.4. The Morgan fingerprint density at radius 3 is 2.63 bits per heavy atom. The summed E-state index contributed by atoms with van der Waals surface area (Å²) in [5.74, 6) is 2.63. The summed E-state index contributed by atoms with van der Waals surface area (Å²) in [5.41, 5.74) is 1.00. The summed E-state index contributed by atoms with van der Waals surface area (Å²) in [6.07, 6.45) is 4.68. The summed E-state index contributed by atoms with van der Waals surface area (Å²) in [6.45, 7) is 4.59. The van der Waals surface area contributed by atoms with Gasteiger partial charge < -0.3 is 5.11 Å². The van der Waals surface area contributed by atoms with E-state index in [1.165, 1.54) is 0 Å². The van der Waals surface area contributed by atoms with Crippen LogP contribution in [-0.4, -0.2) is 37.9 Å². The van der Waals surface area contributed by atoms with Crippen molar-refractivity contribution >= 4 is 16.8 Å². The van der Waals surface area contributed by atoms with Crippen molar-refractivity contribution in [2.24, 2.45) is 40.9 Å². The van der Waals surface area contributed by atoms with E-state index in [0.29, 0.717) is 23.7 Å². The highest BCUT2D eigenvalue weighted by Gasteiger charge is 2.59. The van der Waals surface area contributed by atoms with Crippen LogP contribution >= 0.6 is 0 Å². The Morgan fingerprint density at radius 1 is 1.06 bits per heavy atom. The molecule has 6 rings (SSSR count). The van der Waals surface area contributed by atoms with Crippen LogP contribution in [0.4, 0.5) is 8.78 Å². The molecule has 0 aliphatic heterocycles. The lowest BCUT2D eigenvalue weighted by Gasteiger charge is -2.57. The molecule has 0 bridgehead atoms. The van der Waals surface area contributed by atoms with Crippen LogP contribution in [0.5, 0.6) is 0 Å². The van der Waals surface area contributed by atoms with Crippen molar-refractivity contribution in [3.8, 4) is 0 Å². The molecule has 0 amide bonds. The third-order valence-corrected chi connectivity index (χ3v) is 10.7. The number of alkyl halides is 2. The van der Waals surface area contributed by atoms with Crippen LogP contribution in [-0.2, 0) is 11.3 Å². The van der Waals surface area contributed by atoms with Crippen molar-refractivity contribution in [3.63, 3.8) is 0 Å². The van der Waals surface area contributed by atoms with E-state index in [-0.39, 0.29) is 42.4 Å². The van der Waals surface area contributed by atoms with Gasteiger partial charge in [0.2, 0.25) is 0 Å². The topological polar surface area (TPSA) is 68.0 Å². The molecule has 0 spiro atoms. The van der Waals surface area contributed by atoms with Gasteiger partial charge in [0, 0.05) is 5.92 Å². The number of aryl methyl sites for hydroxylation is 1. The Hall–Kier alpha value is -1.89. The lowest BCUT2D eigenvalue weighted by atomic mass is 9.49. The first kappa shape index (κ1) is 23.5. The zero-order valence-corrected chi connectivity index (χ0v) is 20.8. The van der Waals surface area contributed by atoms with Crippen LogP contribution < -0.4 is 0 Å². The summed E-state index contributed by atoms with van der Waals surface area (Å²) >= 11 is 0. The van der Waals surface area contributed by atoms with Gasteiger partial charge in [-0.1, -0.05) is 13.0 Å². The molecule has 0 radical (unpaired) electrons. The van der Waals surface area contributed by atoms with Crippen LogP contribution in [0.3, 0.4) is 0 Å². The van der Waals surface area contributed by atoms with Gasteiger partial charge in [-0.3, -0.25) is 4.79 Å². The van der Waals surface area contributed by atoms with Gasteiger partial charge in [0.15, 0.2) is 5.78 Å². The molecule has 2 aromatic rings. The van der Waals surface area contributed by atoms with Crippen molar-refractivity contribution in [3.05, 3.63) is 23.8 Å². The van der Waals surface area contributed by atoms with Gasteiger partial charge in [0.25, 0.3) is 6.43 Å². The molecule has 7 heteroatoms. The molecule has 1 heterocycles. The molecule has 4 aliphatic carbocycles. The van der Waals surface area contributed by atoms with Crippen LogP contribution in [0.15, 0.2) is 18.2 Å². The number of fused-ring (bicyclic) bond motifs is 6. The summed E-state index contributed by atoms with van der Waals surface area (Å²) in [5, 5.41) is 19.5. The van der Waals surface area contributed by atoms with Crippen LogP contribution in [0.2, 0.25) is 0 Å². The number of hydrogen-bond acceptors (Lipinski definition) is 4. The smallest absolute Gasteiger partial charge is 0.266 e. The molecule has 1 N–H and O–H groups in total. The average Bonchev–Trinajstić information content (AvgIpc) is 3.38. The highest BCUT2D eigenvalue weighted by atomic mass is 19.3. The van der Waals surface area contributed by atoms with Crippen LogP contribution in [0.25, 0.3) is 11.0 Å². The number of aromatic nitrogens is 3. The first-order valence-corrected chi connectivity index (χ1v) is 13.5. The molecule has 4 fully saturated rings. The van der Waals surface area contributed by atoms with E-state index in [9.17, 15) is 18.7 Å². The number of rotatable bonds is 4. The molecule has 8 atom stereocenters. The van der Waals surface area contributed by atoms with E-state index >= 15 is 0 Å². The van der Waals surface area contributed by atoms with Gasteiger partial charge in [-0.2, -0.15) is 15.0 Å². The first-order valence-electron chi connectivity index (χ1n) is 13.5. The fraction of sp³-hybridized carbons (Fsp3) is 0.750. The third-order valence-electron chi connectivity index (χ3n) is 10.7. The van der Waals surface area contributed by atoms with Gasteiger partial charge in [-0.15, -0.1) is 0 Å². The summed E-state index contributed by atoms with van der Waals surface area (Å²) < 4.78 is 27.0. The summed E-state index contributed by atoms with van der Waals surface area (Å²) in [4.78, 5) is 15.1. The van der Waals surface area contributed by atoms with Crippen molar-refractivity contribution in [1.82, 2.24) is 15.0 Å². The Kier molecular flexibility index (Phi) is 5.59. The lowest BCUT2D eigenvalue weighted by molar-refractivity contribution is -0.160. The fourth-order valence-electron chi connectivity index (χ4n) is 9.03. The average molecular weight is 486 g/mol. The van der Waals surface area contributed by atoms with Gasteiger partial charge in [-0.25, -0.2) is 8.78 Å². The standard InChI is InChI=1S/C28H37F2N3O2/c1-16-3-8-23-24(13-16)32-33(31-23)15-25(34)22-7-6-21-20-5-4-17-14-28(35,26(29)30)12-10-18(17)19(20)9-11-27(21,22)2/h3,8,13,17-22,26,35H,4-7,9-12,14-15H2,1-2H3/t17-,18+,19-,20-,21+,22-,27+,28-/m1/s1. The quantitative estimate of drug-likeness (QED) is 0.614. The number of carbonyl (C=O) groups excluding carboxylic acids is 1. The minimum Gasteiger partial charge on any atom is -0.384 e. The Labute approximate surface area is 205 Å². The van der Waals surface area contributed by atoms with Gasteiger partial charge in [-0.05, 0) is 117 Å². The summed E-state index contributed by atoms with van der Waals surface area (Å²) in [7, 11) is 0. The van der Waals surface area contributed by atoms with Crippen molar-refractivity contribution in [1.29, 1.82) is 0 Å². The van der Waals surface area contributed by atoms with E-state index in [2.05, 4.69) is 17.1 Å². The number of nitrogens with zero attached hydrogens (tertiary/aromatic N) is 3. The predicted molar refractivity (Wildman–Crippen MR) is 129 cm³/mol. The molecule has 5 nitrogen and oxygen atoms in total. The molecular weight excluding hydrogens is 448 g/mol. The fourth-order valence-corrected chi connectivity index (χ4v) is 9.03. The maximum absolute atomic E-state index is 13.5. The predicted octanol–water partition coefficient (Wildman–Crippen LogP) is 5.57. The SMILES string of the molecule is Cc1ccc2nn(CC(=O)[C@H]3CC[C@H]4[C@@H]5CC[C@@H]6C[C@@](O)(C(F)F)CC[C@@H]6[C@H]5CC[C@]34C)nc2c1. The third kappa shape index (κ3) is 3.75. The van der Waals surface area contributed by atoms with Gasteiger partial charge in [0.1, 0.15) is 23.2 Å². The molecule has 35 heavy (non-hydrogen) atoms. The molecule has 0 saturated heterocycles. The molecular formula is C28H37F2N3O2. The summed E-state index contributed by atoms with van der Waals surface area (Å²) in [6, 6.07) is 5.97. The van der Waals surface area contributed by atoms with Crippen molar-refractivity contribution in [2.75, 3.05) is 0 Å². The number of Topliss-reactive ketones (excluding diaryl/α,β-unsaturated/α-hetero) is 1. The second kappa shape index (κ2) is 8.32. The highest BCUT2D eigenvalue weighted by molar-refractivity contribution is 5.82. The Bertz CT molecular complexity index is 1130. The van der Waals surface area contributed by atoms with E-state index in [1.807, 2.05) is 25.1 Å². The van der Waals surface area contributed by atoms with Crippen molar-refractivity contribution in [2.45, 2.75) is 90.2 Å². The molecule has 1 aromatic carbocycles. The minimum absolute atomic E-state index is 0.00657. The highest BCUT2D eigenvalue weighted by Crippen LogP contribution is 2.65. The Balaban J connectivity index is 1.16. The molecule has 1 aromatic heterocycles. The Morgan fingerprint density at radius 2 is 1.83 bits per heavy atom. The van der Waals surface area contributed by atoms with E-state index < -0.39 is 12.0 Å². The zero-order chi connectivity index (χ0) is 24.5. The first-order chi connectivity index (χ1) is 16.7. The number of carbonyl (C=O) groups is 1. The zero-order valence-electron chi connectivity index (χ0n) is 20.8. The molecule has 190 valence electrons. The van der Waals surface area contributed by atoms with E-state index in [1.54, 1.807) is 4.80 Å². The van der Waals surface area contributed by atoms with Gasteiger partial charge >= 0.3 is 0 Å². The van der Waals surface area contributed by atoms with Crippen molar-refractivity contribution < 1.29 is 18.7 Å². The molecule has 0 unspecified atom stereocenters. The number of aliphatic hydroxyl groups is 1. The van der Waals surface area contributed by atoms with Gasteiger partial charge in [0.05, 0.1) is 0 Å². The molecule has 4 aliphatic rings. The minimum atomic E-state index is -2.65. The number of benzene rings is 1. The normalized spacial score (nSPS) is 41.0. The largest absolute Gasteiger partial charge is 0.384 e. The number of ketones is 1. The maximum Gasteiger partial charge on any atom is 0.266 e.